The van der Waals surface area contributed by atoms with Crippen LogP contribution in [0.3, 0.4) is 0 Å². The molecule has 6 heteroatoms. The number of nitrogens with zero attached hydrogens (tertiary/aromatic N) is 1. The molecule has 0 aliphatic carbocycles. The number of aromatic nitrogens is 2. The van der Waals surface area contributed by atoms with Gasteiger partial charge in [-0.25, -0.2) is 4.98 Å². The highest BCUT2D eigenvalue weighted by Crippen LogP contribution is 2.33. The van der Waals surface area contributed by atoms with Crippen molar-refractivity contribution in [2.45, 2.75) is 0 Å². The maximum Gasteiger partial charge on any atom is 0.142 e. The second-order valence-corrected chi connectivity index (χ2v) is 5.14. The summed E-state index contributed by atoms with van der Waals surface area (Å²) in [4.78, 5) is 7.70. The van der Waals surface area contributed by atoms with E-state index < -0.39 is 0 Å². The van der Waals surface area contributed by atoms with Crippen LogP contribution in [0.15, 0.2) is 30.3 Å². The smallest absolute Gasteiger partial charge is 0.142 e. The summed E-state index contributed by atoms with van der Waals surface area (Å²) in [6.45, 7) is 0. The molecule has 0 unspecified atom stereocenters. The van der Waals surface area contributed by atoms with Crippen molar-refractivity contribution in [1.82, 2.24) is 9.97 Å². The summed E-state index contributed by atoms with van der Waals surface area (Å²) in [6.07, 6.45) is 0. The van der Waals surface area contributed by atoms with Crippen molar-refractivity contribution in [3.63, 3.8) is 0 Å². The van der Waals surface area contributed by atoms with Crippen LogP contribution in [0, 0.1) is 0 Å². The van der Waals surface area contributed by atoms with E-state index in [1.807, 2.05) is 6.07 Å². The van der Waals surface area contributed by atoms with Gasteiger partial charge in [-0.05, 0) is 24.3 Å². The van der Waals surface area contributed by atoms with E-state index in [4.69, 9.17) is 33.7 Å². The Morgan fingerprint density at radius 1 is 1.15 bits per heavy atom. The normalized spacial score (nSPS) is 10.9. The van der Waals surface area contributed by atoms with Gasteiger partial charge in [0.2, 0.25) is 0 Å². The maximum atomic E-state index is 6.00. The molecule has 2 aromatic carbocycles. The minimum atomic E-state index is 0.474. The van der Waals surface area contributed by atoms with E-state index >= 15 is 0 Å². The Balaban J connectivity index is 2.20. The molecule has 4 nitrogen and oxygen atoms in total. The SMILES string of the molecule is COc1cc(N)ccc1-c1nc2cc(Cl)c(Cl)cc2[nH]1. The number of nitrogens with two attached hydrogens (primary N) is 1. The number of rotatable bonds is 2. The van der Waals surface area contributed by atoms with Crippen LogP contribution >= 0.6 is 23.2 Å². The van der Waals surface area contributed by atoms with E-state index in [9.17, 15) is 0 Å². The van der Waals surface area contributed by atoms with E-state index in [1.54, 1.807) is 31.4 Å². The third-order valence-corrected chi connectivity index (χ3v) is 3.73. The maximum absolute atomic E-state index is 6.00. The van der Waals surface area contributed by atoms with E-state index in [2.05, 4.69) is 9.97 Å². The number of nitrogen functional groups attached to an aromatic ring is 1. The largest absolute Gasteiger partial charge is 0.496 e. The number of fused-ring (bicyclic) bond motifs is 1. The Labute approximate surface area is 125 Å². The highest BCUT2D eigenvalue weighted by molar-refractivity contribution is 6.42. The van der Waals surface area contributed by atoms with Crippen LogP contribution in [0.25, 0.3) is 22.4 Å². The number of anilines is 1. The molecule has 0 aliphatic rings. The van der Waals surface area contributed by atoms with Gasteiger partial charge in [0.05, 0.1) is 33.8 Å². The van der Waals surface area contributed by atoms with Crippen molar-refractivity contribution in [2.75, 3.05) is 12.8 Å². The number of halogens is 2. The fraction of sp³-hybridized carbons (Fsp3) is 0.0714. The van der Waals surface area contributed by atoms with E-state index in [0.717, 1.165) is 16.6 Å². The minimum Gasteiger partial charge on any atom is -0.496 e. The predicted molar refractivity (Wildman–Crippen MR) is 82.5 cm³/mol. The molecule has 1 aromatic heterocycles. The molecule has 3 aromatic rings. The van der Waals surface area contributed by atoms with Crippen molar-refractivity contribution in [1.29, 1.82) is 0 Å². The number of benzene rings is 2. The van der Waals surface area contributed by atoms with Gasteiger partial charge in [-0.15, -0.1) is 0 Å². The monoisotopic (exact) mass is 307 g/mol. The first-order chi connectivity index (χ1) is 9.58. The Bertz CT molecular complexity index is 759. The number of H-pyrrole nitrogens is 1. The van der Waals surface area contributed by atoms with Crippen LogP contribution in [0.4, 0.5) is 5.69 Å². The van der Waals surface area contributed by atoms with Gasteiger partial charge in [0.1, 0.15) is 11.6 Å². The lowest BCUT2D eigenvalue weighted by Gasteiger charge is -2.06. The fourth-order valence-electron chi connectivity index (χ4n) is 2.04. The van der Waals surface area contributed by atoms with Gasteiger partial charge in [0.25, 0.3) is 0 Å². The molecule has 0 atom stereocenters. The zero-order valence-corrected chi connectivity index (χ0v) is 12.1. The first-order valence-electron chi connectivity index (χ1n) is 5.87. The minimum absolute atomic E-state index is 0.474. The molecule has 0 radical (unpaired) electrons. The lowest BCUT2D eigenvalue weighted by atomic mass is 10.1. The van der Waals surface area contributed by atoms with Crippen molar-refractivity contribution < 1.29 is 4.74 Å². The third kappa shape index (κ3) is 2.17. The van der Waals surface area contributed by atoms with E-state index in [0.29, 0.717) is 27.3 Å². The molecule has 0 fully saturated rings. The first kappa shape index (κ1) is 13.1. The first-order valence-corrected chi connectivity index (χ1v) is 6.62. The van der Waals surface area contributed by atoms with Gasteiger partial charge >= 0.3 is 0 Å². The van der Waals surface area contributed by atoms with Gasteiger partial charge in [0, 0.05) is 11.8 Å². The van der Waals surface area contributed by atoms with Crippen molar-refractivity contribution in [2.24, 2.45) is 0 Å². The molecule has 0 saturated heterocycles. The molecule has 3 rings (SSSR count). The van der Waals surface area contributed by atoms with Gasteiger partial charge in [-0.1, -0.05) is 23.2 Å². The van der Waals surface area contributed by atoms with Crippen LogP contribution < -0.4 is 10.5 Å². The summed E-state index contributed by atoms with van der Waals surface area (Å²) in [5, 5.41) is 0.958. The standard InChI is InChI=1S/C14H11Cl2N3O/c1-20-13-4-7(17)2-3-8(13)14-18-11-5-9(15)10(16)6-12(11)19-14/h2-6H,17H2,1H3,(H,18,19). The molecule has 1 heterocycles. The molecule has 0 bridgehead atoms. The number of methoxy groups -OCH3 is 1. The molecule has 3 N–H and O–H groups in total. The predicted octanol–water partition coefficient (Wildman–Crippen LogP) is 4.13. The van der Waals surface area contributed by atoms with E-state index in [-0.39, 0.29) is 0 Å². The van der Waals surface area contributed by atoms with Crippen molar-refractivity contribution in [3.8, 4) is 17.1 Å². The molecule has 0 spiro atoms. The second kappa shape index (κ2) is 4.89. The number of ether oxygens (including phenoxy) is 1. The lowest BCUT2D eigenvalue weighted by molar-refractivity contribution is 0.416. The molecule has 20 heavy (non-hydrogen) atoms. The van der Waals surface area contributed by atoms with Crippen molar-refractivity contribution in [3.05, 3.63) is 40.4 Å². The number of nitrogens with one attached hydrogen (secondary N) is 1. The highest BCUT2D eigenvalue weighted by atomic mass is 35.5. The molecule has 0 saturated carbocycles. The summed E-state index contributed by atoms with van der Waals surface area (Å²) in [5.74, 6) is 1.33. The molecular weight excluding hydrogens is 297 g/mol. The van der Waals surface area contributed by atoms with Crippen molar-refractivity contribution >= 4 is 39.9 Å². The molecule has 102 valence electrons. The fourth-order valence-corrected chi connectivity index (χ4v) is 2.36. The summed E-state index contributed by atoms with van der Waals surface area (Å²) < 4.78 is 5.33. The van der Waals surface area contributed by atoms with Gasteiger partial charge < -0.3 is 15.5 Å². The molecular formula is C14H11Cl2N3O. The Kier molecular flexibility index (Phi) is 3.20. The summed E-state index contributed by atoms with van der Waals surface area (Å²) in [7, 11) is 1.59. The summed E-state index contributed by atoms with van der Waals surface area (Å²) >= 11 is 12.0. The van der Waals surface area contributed by atoms with Crippen LogP contribution in [0.5, 0.6) is 5.75 Å². The van der Waals surface area contributed by atoms with Gasteiger partial charge in [-0.2, -0.15) is 0 Å². The van der Waals surface area contributed by atoms with Crippen LogP contribution in [-0.4, -0.2) is 17.1 Å². The van der Waals surface area contributed by atoms with Crippen LogP contribution in [0.2, 0.25) is 10.0 Å². The zero-order valence-electron chi connectivity index (χ0n) is 10.6. The third-order valence-electron chi connectivity index (χ3n) is 3.00. The number of aromatic amines is 1. The summed E-state index contributed by atoms with van der Waals surface area (Å²) in [5.41, 5.74) is 8.76. The summed E-state index contributed by atoms with van der Waals surface area (Å²) in [6, 6.07) is 8.88. The second-order valence-electron chi connectivity index (χ2n) is 4.33. The van der Waals surface area contributed by atoms with E-state index in [1.165, 1.54) is 0 Å². The topological polar surface area (TPSA) is 63.9 Å². The zero-order chi connectivity index (χ0) is 14.3. The average Bonchev–Trinajstić information content (AvgIpc) is 2.81. The molecule has 0 amide bonds. The van der Waals surface area contributed by atoms with Gasteiger partial charge in [0.15, 0.2) is 0 Å². The Morgan fingerprint density at radius 2 is 1.90 bits per heavy atom. The quantitative estimate of drug-likeness (QED) is 0.700. The molecule has 0 aliphatic heterocycles. The number of imidazole rings is 1. The number of hydrogen-bond donors (Lipinski definition) is 2. The van der Waals surface area contributed by atoms with Gasteiger partial charge in [-0.3, -0.25) is 0 Å². The van der Waals surface area contributed by atoms with Crippen LogP contribution in [0.1, 0.15) is 0 Å². The Hall–Kier alpha value is -1.91. The highest BCUT2D eigenvalue weighted by Gasteiger charge is 2.12. The van der Waals surface area contributed by atoms with Crippen LogP contribution in [-0.2, 0) is 0 Å². The number of hydrogen-bond acceptors (Lipinski definition) is 3. The average molecular weight is 308 g/mol. The lowest BCUT2D eigenvalue weighted by Crippen LogP contribution is -1.92. The Morgan fingerprint density at radius 3 is 2.65 bits per heavy atom.